The maximum absolute atomic E-state index is 11.5. The number of carbonyl (C=O) groups excluding carboxylic acids is 1. The highest BCUT2D eigenvalue weighted by molar-refractivity contribution is 5.67. The monoisotopic (exact) mass is 307 g/mol. The molecule has 0 saturated heterocycles. The van der Waals surface area contributed by atoms with E-state index in [-0.39, 0.29) is 6.09 Å². The van der Waals surface area contributed by atoms with E-state index in [2.05, 4.69) is 34.9 Å². The summed E-state index contributed by atoms with van der Waals surface area (Å²) in [5.41, 5.74) is 7.44. The van der Waals surface area contributed by atoms with Crippen molar-refractivity contribution in [1.82, 2.24) is 10.6 Å². The summed E-state index contributed by atoms with van der Waals surface area (Å²) in [7, 11) is 0. The van der Waals surface area contributed by atoms with Gasteiger partial charge in [-0.3, -0.25) is 0 Å². The van der Waals surface area contributed by atoms with Crippen LogP contribution in [0.3, 0.4) is 0 Å². The molecule has 0 radical (unpaired) electrons. The Morgan fingerprint density at radius 1 is 1.14 bits per heavy atom. The minimum absolute atomic E-state index is 0.367. The lowest BCUT2D eigenvalue weighted by atomic mass is 10.1. The number of amides is 1. The SMILES string of the molecule is CC(C)(C)OC(=O)NCCc1ccc(CNCCCN)cc1. The van der Waals surface area contributed by atoms with Gasteiger partial charge in [0.2, 0.25) is 0 Å². The number of benzene rings is 1. The highest BCUT2D eigenvalue weighted by Crippen LogP contribution is 2.07. The molecule has 0 fully saturated rings. The number of rotatable bonds is 8. The second-order valence-electron chi connectivity index (χ2n) is 6.31. The third-order valence-electron chi connectivity index (χ3n) is 2.99. The molecule has 1 rings (SSSR count). The van der Waals surface area contributed by atoms with E-state index in [9.17, 15) is 4.79 Å². The van der Waals surface area contributed by atoms with Crippen LogP contribution in [0.1, 0.15) is 38.3 Å². The van der Waals surface area contributed by atoms with Crippen molar-refractivity contribution in [1.29, 1.82) is 0 Å². The van der Waals surface area contributed by atoms with Crippen molar-refractivity contribution >= 4 is 6.09 Å². The van der Waals surface area contributed by atoms with Crippen LogP contribution >= 0.6 is 0 Å². The molecule has 0 aliphatic heterocycles. The van der Waals surface area contributed by atoms with E-state index in [1.807, 2.05) is 20.8 Å². The van der Waals surface area contributed by atoms with E-state index in [1.54, 1.807) is 0 Å². The molecule has 5 heteroatoms. The van der Waals surface area contributed by atoms with Crippen LogP contribution in [-0.2, 0) is 17.7 Å². The third kappa shape index (κ3) is 8.64. The van der Waals surface area contributed by atoms with E-state index in [0.29, 0.717) is 6.54 Å². The maximum atomic E-state index is 11.5. The molecule has 0 aromatic heterocycles. The van der Waals surface area contributed by atoms with Gasteiger partial charge in [0.05, 0.1) is 0 Å². The van der Waals surface area contributed by atoms with Gasteiger partial charge in [0, 0.05) is 13.1 Å². The zero-order chi connectivity index (χ0) is 16.4. The first-order valence-corrected chi connectivity index (χ1v) is 7.86. The molecule has 0 aliphatic rings. The summed E-state index contributed by atoms with van der Waals surface area (Å²) >= 11 is 0. The van der Waals surface area contributed by atoms with Crippen molar-refractivity contribution < 1.29 is 9.53 Å². The summed E-state index contributed by atoms with van der Waals surface area (Å²) in [5, 5.41) is 6.11. The Balaban J connectivity index is 2.25. The van der Waals surface area contributed by atoms with Crippen LogP contribution in [-0.4, -0.2) is 31.3 Å². The van der Waals surface area contributed by atoms with Crippen molar-refractivity contribution in [3.05, 3.63) is 35.4 Å². The normalized spacial score (nSPS) is 11.3. The largest absolute Gasteiger partial charge is 0.444 e. The number of ether oxygens (including phenoxy) is 1. The fourth-order valence-electron chi connectivity index (χ4n) is 1.91. The van der Waals surface area contributed by atoms with Gasteiger partial charge in [-0.15, -0.1) is 0 Å². The molecule has 0 saturated carbocycles. The number of nitrogens with one attached hydrogen (secondary N) is 2. The van der Waals surface area contributed by atoms with Gasteiger partial charge in [-0.2, -0.15) is 0 Å². The molecule has 0 atom stereocenters. The van der Waals surface area contributed by atoms with Crippen molar-refractivity contribution in [3.63, 3.8) is 0 Å². The predicted octanol–water partition coefficient (Wildman–Crippen LogP) is 2.19. The summed E-state index contributed by atoms with van der Waals surface area (Å²) in [6.45, 7) is 8.65. The van der Waals surface area contributed by atoms with Crippen LogP contribution in [0.5, 0.6) is 0 Å². The van der Waals surface area contributed by atoms with Gasteiger partial charge in [0.1, 0.15) is 5.60 Å². The van der Waals surface area contributed by atoms with Crippen LogP contribution < -0.4 is 16.4 Å². The lowest BCUT2D eigenvalue weighted by Crippen LogP contribution is -2.33. The van der Waals surface area contributed by atoms with E-state index in [0.717, 1.165) is 32.5 Å². The highest BCUT2D eigenvalue weighted by atomic mass is 16.6. The number of hydrogen-bond donors (Lipinski definition) is 3. The molecular weight excluding hydrogens is 278 g/mol. The highest BCUT2D eigenvalue weighted by Gasteiger charge is 2.15. The molecule has 0 aliphatic carbocycles. The fraction of sp³-hybridized carbons (Fsp3) is 0.588. The van der Waals surface area contributed by atoms with Gasteiger partial charge >= 0.3 is 6.09 Å². The summed E-state index contributed by atoms with van der Waals surface area (Å²) < 4.78 is 5.19. The Kier molecular flexibility index (Phi) is 7.91. The van der Waals surface area contributed by atoms with Crippen molar-refractivity contribution in [3.8, 4) is 0 Å². The molecule has 0 heterocycles. The molecular formula is C17H29N3O2. The first-order chi connectivity index (χ1) is 10.4. The summed E-state index contributed by atoms with van der Waals surface area (Å²) in [4.78, 5) is 11.5. The Hall–Kier alpha value is -1.59. The molecule has 0 spiro atoms. The molecule has 0 unspecified atom stereocenters. The number of carbonyl (C=O) groups is 1. The van der Waals surface area contributed by atoms with Crippen molar-refractivity contribution in [2.24, 2.45) is 5.73 Å². The molecule has 4 N–H and O–H groups in total. The van der Waals surface area contributed by atoms with Gasteiger partial charge < -0.3 is 21.1 Å². The van der Waals surface area contributed by atoms with E-state index in [4.69, 9.17) is 10.5 Å². The lowest BCUT2D eigenvalue weighted by molar-refractivity contribution is 0.0528. The quantitative estimate of drug-likeness (QED) is 0.644. The second-order valence-corrected chi connectivity index (χ2v) is 6.31. The Morgan fingerprint density at radius 3 is 2.36 bits per heavy atom. The van der Waals surface area contributed by atoms with E-state index in [1.165, 1.54) is 11.1 Å². The van der Waals surface area contributed by atoms with Crippen LogP contribution in [0.15, 0.2) is 24.3 Å². The second kappa shape index (κ2) is 9.43. The van der Waals surface area contributed by atoms with E-state index < -0.39 is 5.60 Å². The lowest BCUT2D eigenvalue weighted by Gasteiger charge is -2.19. The number of hydrogen-bond acceptors (Lipinski definition) is 4. The number of nitrogens with two attached hydrogens (primary N) is 1. The van der Waals surface area contributed by atoms with Gasteiger partial charge in [-0.1, -0.05) is 24.3 Å². The first-order valence-electron chi connectivity index (χ1n) is 7.86. The number of alkyl carbamates (subject to hydrolysis) is 1. The van der Waals surface area contributed by atoms with Gasteiger partial charge in [0.25, 0.3) is 0 Å². The average Bonchev–Trinajstić information content (AvgIpc) is 2.43. The van der Waals surface area contributed by atoms with E-state index >= 15 is 0 Å². The topological polar surface area (TPSA) is 76.4 Å². The van der Waals surface area contributed by atoms with Gasteiger partial charge in [-0.25, -0.2) is 4.79 Å². The maximum Gasteiger partial charge on any atom is 0.407 e. The average molecular weight is 307 g/mol. The zero-order valence-corrected chi connectivity index (χ0v) is 13.9. The van der Waals surface area contributed by atoms with Crippen LogP contribution in [0.2, 0.25) is 0 Å². The Labute approximate surface area is 133 Å². The standard InChI is InChI=1S/C17H29N3O2/c1-17(2,3)22-16(21)20-12-9-14-5-7-15(8-6-14)13-19-11-4-10-18/h5-8,19H,4,9-13,18H2,1-3H3,(H,20,21). The summed E-state index contributed by atoms with van der Waals surface area (Å²) in [6.07, 6.45) is 1.42. The summed E-state index contributed by atoms with van der Waals surface area (Å²) in [5.74, 6) is 0. The smallest absolute Gasteiger partial charge is 0.407 e. The van der Waals surface area contributed by atoms with Gasteiger partial charge in [0.15, 0.2) is 0 Å². The molecule has 1 aromatic carbocycles. The minimum atomic E-state index is -0.456. The van der Waals surface area contributed by atoms with Crippen LogP contribution in [0.25, 0.3) is 0 Å². The van der Waals surface area contributed by atoms with Gasteiger partial charge in [-0.05, 0) is 57.8 Å². The minimum Gasteiger partial charge on any atom is -0.444 e. The Morgan fingerprint density at radius 2 is 1.77 bits per heavy atom. The molecule has 1 aromatic rings. The predicted molar refractivity (Wildman–Crippen MR) is 89.8 cm³/mol. The van der Waals surface area contributed by atoms with Crippen LogP contribution in [0, 0.1) is 0 Å². The van der Waals surface area contributed by atoms with Crippen molar-refractivity contribution in [2.75, 3.05) is 19.6 Å². The third-order valence-corrected chi connectivity index (χ3v) is 2.99. The van der Waals surface area contributed by atoms with Crippen LogP contribution in [0.4, 0.5) is 4.79 Å². The van der Waals surface area contributed by atoms with Crippen molar-refractivity contribution in [2.45, 2.75) is 45.8 Å². The first kappa shape index (κ1) is 18.5. The molecule has 22 heavy (non-hydrogen) atoms. The molecule has 124 valence electrons. The molecule has 1 amide bonds. The molecule has 0 bridgehead atoms. The molecule has 5 nitrogen and oxygen atoms in total. The zero-order valence-electron chi connectivity index (χ0n) is 13.9. The summed E-state index contributed by atoms with van der Waals surface area (Å²) in [6, 6.07) is 8.41. The fourth-order valence-corrected chi connectivity index (χ4v) is 1.91. The Bertz CT molecular complexity index is 438.